The van der Waals surface area contributed by atoms with Gasteiger partial charge in [0.2, 0.25) is 11.8 Å². The molecule has 2 amide bonds. The summed E-state index contributed by atoms with van der Waals surface area (Å²) in [5, 5.41) is 0. The first kappa shape index (κ1) is 11.3. The molecule has 0 unspecified atom stereocenters. The van der Waals surface area contributed by atoms with Gasteiger partial charge in [-0.05, 0) is 37.1 Å². The van der Waals surface area contributed by atoms with Gasteiger partial charge in [-0.1, -0.05) is 15.9 Å². The number of rotatable bonds is 1. The third kappa shape index (κ3) is 2.32. The fourth-order valence-corrected chi connectivity index (χ4v) is 2.06. The lowest BCUT2D eigenvalue weighted by Crippen LogP contribution is -2.34. The van der Waals surface area contributed by atoms with Gasteiger partial charge in [0.1, 0.15) is 0 Å². The summed E-state index contributed by atoms with van der Waals surface area (Å²) in [7, 11) is 0. The smallest absolute Gasteiger partial charge is 0.233 e. The number of halogens is 1. The molecule has 0 aliphatic carbocycles. The highest BCUT2D eigenvalue weighted by atomic mass is 79.9. The fourth-order valence-electron chi connectivity index (χ4n) is 1.79. The quantitative estimate of drug-likeness (QED) is 0.743. The zero-order valence-electron chi connectivity index (χ0n) is 8.78. The maximum atomic E-state index is 11.8. The van der Waals surface area contributed by atoms with Crippen molar-refractivity contribution in [2.24, 2.45) is 0 Å². The number of amides is 2. The number of hydrogen-bond acceptors (Lipinski definition) is 2. The Morgan fingerprint density at radius 3 is 1.94 bits per heavy atom. The van der Waals surface area contributed by atoms with Crippen LogP contribution in [0, 0.1) is 0 Å². The molecule has 2 rings (SSSR count). The molecule has 1 aromatic carbocycles. The normalized spacial score (nSPS) is 17.4. The molecule has 16 heavy (non-hydrogen) atoms. The molecule has 1 saturated heterocycles. The van der Waals surface area contributed by atoms with Gasteiger partial charge in [0, 0.05) is 17.3 Å². The molecule has 1 aliphatic heterocycles. The second-order valence-corrected chi connectivity index (χ2v) is 4.72. The molecule has 1 aromatic rings. The first-order valence-electron chi connectivity index (χ1n) is 5.30. The molecule has 0 bridgehead atoms. The van der Waals surface area contributed by atoms with Crippen LogP contribution in [0.4, 0.5) is 5.69 Å². The van der Waals surface area contributed by atoms with E-state index in [0.29, 0.717) is 18.5 Å². The SMILES string of the molecule is O=C1CCCCC(=O)N1c1ccc(Br)cc1. The molecule has 0 spiro atoms. The Morgan fingerprint density at radius 1 is 0.938 bits per heavy atom. The van der Waals surface area contributed by atoms with Crippen LogP contribution in [0.25, 0.3) is 0 Å². The zero-order valence-corrected chi connectivity index (χ0v) is 10.4. The molecule has 3 nitrogen and oxygen atoms in total. The average Bonchev–Trinajstić information content (AvgIpc) is 2.42. The molecular weight excluding hydrogens is 270 g/mol. The Bertz CT molecular complexity index is 396. The Hall–Kier alpha value is -1.16. The van der Waals surface area contributed by atoms with Crippen LogP contribution < -0.4 is 4.90 Å². The highest BCUT2D eigenvalue weighted by Gasteiger charge is 2.25. The first-order chi connectivity index (χ1) is 7.68. The molecule has 0 aromatic heterocycles. The lowest BCUT2D eigenvalue weighted by molar-refractivity contribution is -0.125. The van der Waals surface area contributed by atoms with E-state index in [1.807, 2.05) is 12.1 Å². The van der Waals surface area contributed by atoms with Crippen LogP contribution in [0.5, 0.6) is 0 Å². The van der Waals surface area contributed by atoms with Gasteiger partial charge in [0.15, 0.2) is 0 Å². The Kier molecular flexibility index (Phi) is 3.39. The minimum Gasteiger partial charge on any atom is -0.274 e. The van der Waals surface area contributed by atoms with Gasteiger partial charge < -0.3 is 0 Å². The first-order valence-corrected chi connectivity index (χ1v) is 6.09. The van der Waals surface area contributed by atoms with Crippen LogP contribution in [0.2, 0.25) is 0 Å². The topological polar surface area (TPSA) is 37.4 Å². The molecule has 0 N–H and O–H groups in total. The van der Waals surface area contributed by atoms with E-state index in [9.17, 15) is 9.59 Å². The third-order valence-corrected chi connectivity index (χ3v) is 3.14. The van der Waals surface area contributed by atoms with E-state index >= 15 is 0 Å². The molecular formula is C12H12BrNO2. The van der Waals surface area contributed by atoms with Crippen LogP contribution in [0.3, 0.4) is 0 Å². The number of carbonyl (C=O) groups excluding carboxylic acids is 2. The van der Waals surface area contributed by atoms with E-state index in [-0.39, 0.29) is 11.8 Å². The second-order valence-electron chi connectivity index (χ2n) is 3.81. The van der Waals surface area contributed by atoms with Crippen LogP contribution in [0.15, 0.2) is 28.7 Å². The Morgan fingerprint density at radius 2 is 1.44 bits per heavy atom. The third-order valence-electron chi connectivity index (χ3n) is 2.61. The molecule has 84 valence electrons. The van der Waals surface area contributed by atoms with Crippen molar-refractivity contribution in [1.82, 2.24) is 0 Å². The number of carbonyl (C=O) groups is 2. The predicted octanol–water partition coefficient (Wildman–Crippen LogP) is 2.88. The second kappa shape index (κ2) is 4.78. The monoisotopic (exact) mass is 281 g/mol. The summed E-state index contributed by atoms with van der Waals surface area (Å²) >= 11 is 3.33. The fraction of sp³-hybridized carbons (Fsp3) is 0.333. The van der Waals surface area contributed by atoms with Crippen LogP contribution in [-0.4, -0.2) is 11.8 Å². The zero-order chi connectivity index (χ0) is 11.5. The highest BCUT2D eigenvalue weighted by Crippen LogP contribution is 2.23. The minimum atomic E-state index is -0.0928. The van der Waals surface area contributed by atoms with Gasteiger partial charge in [-0.2, -0.15) is 0 Å². The molecule has 1 fully saturated rings. The van der Waals surface area contributed by atoms with E-state index < -0.39 is 0 Å². The van der Waals surface area contributed by atoms with Gasteiger partial charge in [-0.3, -0.25) is 14.5 Å². The highest BCUT2D eigenvalue weighted by molar-refractivity contribution is 9.10. The van der Waals surface area contributed by atoms with E-state index in [1.54, 1.807) is 12.1 Å². The molecule has 0 saturated carbocycles. The molecule has 1 aliphatic rings. The standard InChI is InChI=1S/C12H12BrNO2/c13-9-5-7-10(8-6-9)14-11(15)3-1-2-4-12(14)16/h5-8H,1-4H2. The molecule has 4 heteroatoms. The van der Waals surface area contributed by atoms with Gasteiger partial charge in [0.05, 0.1) is 5.69 Å². The largest absolute Gasteiger partial charge is 0.274 e. The number of benzene rings is 1. The van der Waals surface area contributed by atoms with Crippen molar-refractivity contribution in [3.63, 3.8) is 0 Å². The van der Waals surface area contributed by atoms with Crippen molar-refractivity contribution in [2.75, 3.05) is 4.90 Å². The number of anilines is 1. The predicted molar refractivity (Wildman–Crippen MR) is 65.1 cm³/mol. The van der Waals surface area contributed by atoms with Crippen molar-refractivity contribution in [3.8, 4) is 0 Å². The van der Waals surface area contributed by atoms with Crippen molar-refractivity contribution in [2.45, 2.75) is 25.7 Å². The minimum absolute atomic E-state index is 0.0928. The number of hydrogen-bond donors (Lipinski definition) is 0. The van der Waals surface area contributed by atoms with Crippen molar-refractivity contribution in [3.05, 3.63) is 28.7 Å². The van der Waals surface area contributed by atoms with Crippen LogP contribution >= 0.6 is 15.9 Å². The summed E-state index contributed by atoms with van der Waals surface area (Å²) in [6.07, 6.45) is 2.53. The van der Waals surface area contributed by atoms with Crippen LogP contribution in [0.1, 0.15) is 25.7 Å². The molecule has 0 radical (unpaired) electrons. The lowest BCUT2D eigenvalue weighted by atomic mass is 10.2. The van der Waals surface area contributed by atoms with Crippen molar-refractivity contribution >= 4 is 33.4 Å². The van der Waals surface area contributed by atoms with Gasteiger partial charge in [-0.25, -0.2) is 0 Å². The van der Waals surface area contributed by atoms with E-state index in [2.05, 4.69) is 15.9 Å². The Balaban J connectivity index is 2.32. The summed E-state index contributed by atoms with van der Waals surface area (Å²) in [4.78, 5) is 24.9. The average molecular weight is 282 g/mol. The number of imide groups is 1. The molecule has 0 atom stereocenters. The van der Waals surface area contributed by atoms with E-state index in [1.165, 1.54) is 4.90 Å². The van der Waals surface area contributed by atoms with Gasteiger partial charge in [-0.15, -0.1) is 0 Å². The van der Waals surface area contributed by atoms with E-state index in [0.717, 1.165) is 17.3 Å². The van der Waals surface area contributed by atoms with Crippen molar-refractivity contribution < 1.29 is 9.59 Å². The summed E-state index contributed by atoms with van der Waals surface area (Å²) in [5.74, 6) is -0.186. The summed E-state index contributed by atoms with van der Waals surface area (Å²) in [5.41, 5.74) is 0.667. The lowest BCUT2D eigenvalue weighted by Gasteiger charge is -2.18. The summed E-state index contributed by atoms with van der Waals surface area (Å²) in [6.45, 7) is 0. The van der Waals surface area contributed by atoms with Gasteiger partial charge >= 0.3 is 0 Å². The van der Waals surface area contributed by atoms with Crippen LogP contribution in [-0.2, 0) is 9.59 Å². The number of nitrogens with zero attached hydrogens (tertiary/aromatic N) is 1. The molecule has 1 heterocycles. The maximum Gasteiger partial charge on any atom is 0.233 e. The maximum absolute atomic E-state index is 11.8. The Labute approximate surface area is 103 Å². The van der Waals surface area contributed by atoms with E-state index in [4.69, 9.17) is 0 Å². The summed E-state index contributed by atoms with van der Waals surface area (Å²) < 4.78 is 0.936. The van der Waals surface area contributed by atoms with Gasteiger partial charge in [0.25, 0.3) is 0 Å². The van der Waals surface area contributed by atoms with Crippen molar-refractivity contribution in [1.29, 1.82) is 0 Å². The summed E-state index contributed by atoms with van der Waals surface area (Å²) in [6, 6.07) is 7.23.